The third-order valence-electron chi connectivity index (χ3n) is 3.12. The number of anilines is 4. The molecular weight excluding hydrogens is 252 g/mol. The molecule has 0 amide bonds. The summed E-state index contributed by atoms with van der Waals surface area (Å²) < 4.78 is 0. The minimum atomic E-state index is 0.576. The lowest BCUT2D eigenvalue weighted by molar-refractivity contribution is 1.11. The molecule has 4 N–H and O–H groups in total. The van der Waals surface area contributed by atoms with Crippen molar-refractivity contribution in [3.63, 3.8) is 0 Å². The van der Waals surface area contributed by atoms with Crippen LogP contribution in [0.4, 0.5) is 22.7 Å². The van der Waals surface area contributed by atoms with Crippen LogP contribution in [0.1, 0.15) is 0 Å². The zero-order chi connectivity index (χ0) is 14.9. The van der Waals surface area contributed by atoms with E-state index in [1.165, 1.54) is 0 Å². The first kappa shape index (κ1) is 13.9. The number of hydrogen-bond acceptors (Lipinski definition) is 6. The van der Waals surface area contributed by atoms with Crippen LogP contribution in [0.2, 0.25) is 0 Å². The molecule has 0 aliphatic carbocycles. The number of pyridine rings is 2. The van der Waals surface area contributed by atoms with E-state index in [4.69, 9.17) is 11.5 Å². The molecule has 6 heteroatoms. The van der Waals surface area contributed by atoms with Crippen LogP contribution in [0.15, 0.2) is 24.5 Å². The summed E-state index contributed by atoms with van der Waals surface area (Å²) in [5, 5.41) is 0. The third kappa shape index (κ3) is 2.32. The smallest absolute Gasteiger partial charge is 0.116 e. The van der Waals surface area contributed by atoms with Crippen molar-refractivity contribution in [3.05, 3.63) is 24.5 Å². The fourth-order valence-electron chi connectivity index (χ4n) is 2.08. The average molecular weight is 272 g/mol. The van der Waals surface area contributed by atoms with E-state index < -0.39 is 0 Å². The minimum absolute atomic E-state index is 0.576. The molecule has 0 aliphatic rings. The predicted octanol–water partition coefficient (Wildman–Crippen LogP) is 1.44. The van der Waals surface area contributed by atoms with Gasteiger partial charge in [-0.25, -0.2) is 0 Å². The summed E-state index contributed by atoms with van der Waals surface area (Å²) in [4.78, 5) is 12.6. The SMILES string of the molecule is CN(C)c1ccnc(-c2nccc(N(C)C)c2N)c1N. The van der Waals surface area contributed by atoms with Gasteiger partial charge in [0.05, 0.1) is 22.7 Å². The largest absolute Gasteiger partial charge is 0.395 e. The number of aromatic nitrogens is 2. The molecule has 2 heterocycles. The second-order valence-electron chi connectivity index (χ2n) is 4.97. The van der Waals surface area contributed by atoms with Crippen LogP contribution < -0.4 is 21.3 Å². The van der Waals surface area contributed by atoms with Crippen molar-refractivity contribution >= 4 is 22.7 Å². The summed E-state index contributed by atoms with van der Waals surface area (Å²) in [5.41, 5.74) is 16.6. The summed E-state index contributed by atoms with van der Waals surface area (Å²) in [6.45, 7) is 0. The van der Waals surface area contributed by atoms with E-state index in [-0.39, 0.29) is 0 Å². The molecule has 0 spiro atoms. The lowest BCUT2D eigenvalue weighted by atomic mass is 10.1. The lowest BCUT2D eigenvalue weighted by Gasteiger charge is -2.19. The van der Waals surface area contributed by atoms with Crippen molar-refractivity contribution in [2.45, 2.75) is 0 Å². The number of hydrogen-bond donors (Lipinski definition) is 2. The van der Waals surface area contributed by atoms with Crippen molar-refractivity contribution in [1.82, 2.24) is 9.97 Å². The summed E-state index contributed by atoms with van der Waals surface area (Å²) in [6, 6.07) is 3.73. The summed E-state index contributed by atoms with van der Waals surface area (Å²) in [5.74, 6) is 0. The Labute approximate surface area is 119 Å². The minimum Gasteiger partial charge on any atom is -0.395 e. The van der Waals surface area contributed by atoms with E-state index in [1.54, 1.807) is 12.4 Å². The second kappa shape index (κ2) is 5.24. The maximum atomic E-state index is 6.20. The fraction of sp³-hybridized carbons (Fsp3) is 0.286. The molecule has 2 rings (SSSR count). The number of nitrogens with two attached hydrogens (primary N) is 2. The van der Waals surface area contributed by atoms with Gasteiger partial charge in [0.15, 0.2) is 0 Å². The Morgan fingerprint density at radius 2 is 1.10 bits per heavy atom. The molecule has 20 heavy (non-hydrogen) atoms. The van der Waals surface area contributed by atoms with Crippen LogP contribution in [0.25, 0.3) is 11.4 Å². The lowest BCUT2D eigenvalue weighted by Crippen LogP contribution is -2.14. The standard InChI is InChI=1S/C14H20N6/c1-19(2)9-5-7-17-13(11(9)15)14-12(16)10(20(3)4)6-8-18-14/h5-8H,15-16H2,1-4H3. The topological polar surface area (TPSA) is 84.3 Å². The molecule has 6 nitrogen and oxygen atoms in total. The van der Waals surface area contributed by atoms with Crippen molar-refractivity contribution in [3.8, 4) is 11.4 Å². The zero-order valence-corrected chi connectivity index (χ0v) is 12.3. The fourth-order valence-corrected chi connectivity index (χ4v) is 2.08. The molecule has 0 bridgehead atoms. The second-order valence-corrected chi connectivity index (χ2v) is 4.97. The Morgan fingerprint density at radius 3 is 1.40 bits per heavy atom. The molecule has 0 aliphatic heterocycles. The zero-order valence-electron chi connectivity index (χ0n) is 12.3. The van der Waals surface area contributed by atoms with Crippen LogP contribution in [0.3, 0.4) is 0 Å². The number of rotatable bonds is 3. The first-order valence-electron chi connectivity index (χ1n) is 6.27. The Balaban J connectivity index is 2.64. The van der Waals surface area contributed by atoms with Crippen molar-refractivity contribution < 1.29 is 0 Å². The van der Waals surface area contributed by atoms with Gasteiger partial charge >= 0.3 is 0 Å². The van der Waals surface area contributed by atoms with Crippen molar-refractivity contribution in [1.29, 1.82) is 0 Å². The maximum Gasteiger partial charge on any atom is 0.116 e. The quantitative estimate of drug-likeness (QED) is 0.879. The Bertz CT molecular complexity index is 566. The molecule has 0 unspecified atom stereocenters. The highest BCUT2D eigenvalue weighted by Crippen LogP contribution is 2.35. The highest BCUT2D eigenvalue weighted by molar-refractivity contribution is 5.89. The predicted molar refractivity (Wildman–Crippen MR) is 84.9 cm³/mol. The first-order valence-corrected chi connectivity index (χ1v) is 6.27. The Morgan fingerprint density at radius 1 is 0.750 bits per heavy atom. The molecule has 2 aromatic heterocycles. The van der Waals surface area contributed by atoms with Gasteiger partial charge in [-0.05, 0) is 12.1 Å². The third-order valence-corrected chi connectivity index (χ3v) is 3.12. The van der Waals surface area contributed by atoms with E-state index in [0.717, 1.165) is 11.4 Å². The van der Waals surface area contributed by atoms with Crippen LogP contribution in [0.5, 0.6) is 0 Å². The van der Waals surface area contributed by atoms with Gasteiger partial charge in [0.1, 0.15) is 11.4 Å². The summed E-state index contributed by atoms with van der Waals surface area (Å²) in [7, 11) is 7.73. The monoisotopic (exact) mass is 272 g/mol. The normalized spacial score (nSPS) is 10.4. The highest BCUT2D eigenvalue weighted by atomic mass is 15.1. The van der Waals surface area contributed by atoms with E-state index in [0.29, 0.717) is 22.8 Å². The first-order chi connectivity index (χ1) is 9.43. The van der Waals surface area contributed by atoms with Gasteiger partial charge < -0.3 is 21.3 Å². The molecule has 0 saturated carbocycles. The Hall–Kier alpha value is -2.50. The van der Waals surface area contributed by atoms with Gasteiger partial charge in [0, 0.05) is 40.6 Å². The number of nitrogen functional groups attached to an aromatic ring is 2. The molecule has 106 valence electrons. The van der Waals surface area contributed by atoms with Crippen LogP contribution in [0, 0.1) is 0 Å². The van der Waals surface area contributed by atoms with E-state index in [9.17, 15) is 0 Å². The summed E-state index contributed by atoms with van der Waals surface area (Å²) in [6.07, 6.45) is 3.43. The number of nitrogens with zero attached hydrogens (tertiary/aromatic N) is 4. The summed E-state index contributed by atoms with van der Waals surface area (Å²) >= 11 is 0. The maximum absolute atomic E-state index is 6.20. The highest BCUT2D eigenvalue weighted by Gasteiger charge is 2.16. The molecule has 0 aromatic carbocycles. The Kier molecular flexibility index (Phi) is 3.65. The molecule has 0 saturated heterocycles. The molecule has 0 fully saturated rings. The van der Waals surface area contributed by atoms with Crippen molar-refractivity contribution in [2.75, 3.05) is 49.5 Å². The van der Waals surface area contributed by atoms with E-state index >= 15 is 0 Å². The van der Waals surface area contributed by atoms with E-state index in [1.807, 2.05) is 50.1 Å². The van der Waals surface area contributed by atoms with Crippen LogP contribution in [-0.4, -0.2) is 38.2 Å². The molecule has 0 atom stereocenters. The molecular formula is C14H20N6. The van der Waals surface area contributed by atoms with Crippen LogP contribution >= 0.6 is 0 Å². The van der Waals surface area contributed by atoms with Gasteiger partial charge in [0.2, 0.25) is 0 Å². The van der Waals surface area contributed by atoms with Gasteiger partial charge in [0.25, 0.3) is 0 Å². The van der Waals surface area contributed by atoms with E-state index in [2.05, 4.69) is 9.97 Å². The van der Waals surface area contributed by atoms with Gasteiger partial charge in [-0.15, -0.1) is 0 Å². The van der Waals surface area contributed by atoms with Gasteiger partial charge in [-0.3, -0.25) is 9.97 Å². The molecule has 2 aromatic rings. The van der Waals surface area contributed by atoms with Crippen molar-refractivity contribution in [2.24, 2.45) is 0 Å². The van der Waals surface area contributed by atoms with Gasteiger partial charge in [-0.2, -0.15) is 0 Å². The van der Waals surface area contributed by atoms with Crippen LogP contribution in [-0.2, 0) is 0 Å². The average Bonchev–Trinajstić information content (AvgIpc) is 2.39. The van der Waals surface area contributed by atoms with Gasteiger partial charge in [-0.1, -0.05) is 0 Å². The molecule has 0 radical (unpaired) electrons.